The standard InChI is InChI=1S/C13H24N2O/c14-6-13(12-4-5-16-9-12)15-7-10-2-1-3-11(10)8-15/h10-13H,1-9,14H2. The Labute approximate surface area is 98.3 Å². The van der Waals surface area contributed by atoms with Crippen LogP contribution in [0.3, 0.4) is 0 Å². The lowest BCUT2D eigenvalue weighted by molar-refractivity contribution is 0.134. The van der Waals surface area contributed by atoms with E-state index in [0.717, 1.165) is 31.6 Å². The lowest BCUT2D eigenvalue weighted by Gasteiger charge is -2.31. The van der Waals surface area contributed by atoms with Crippen molar-refractivity contribution in [2.45, 2.75) is 31.7 Å². The van der Waals surface area contributed by atoms with Gasteiger partial charge in [0.25, 0.3) is 0 Å². The summed E-state index contributed by atoms with van der Waals surface area (Å²) in [7, 11) is 0. The molecular formula is C13H24N2O. The Kier molecular flexibility index (Phi) is 3.18. The predicted molar refractivity (Wildman–Crippen MR) is 64.2 cm³/mol. The molecule has 0 spiro atoms. The summed E-state index contributed by atoms with van der Waals surface area (Å²) in [6.45, 7) is 5.31. The number of ether oxygens (including phenoxy) is 1. The highest BCUT2D eigenvalue weighted by atomic mass is 16.5. The molecule has 2 saturated heterocycles. The lowest BCUT2D eigenvalue weighted by Crippen LogP contribution is -2.45. The maximum atomic E-state index is 5.99. The van der Waals surface area contributed by atoms with Crippen molar-refractivity contribution in [2.75, 3.05) is 32.8 Å². The summed E-state index contributed by atoms with van der Waals surface area (Å²) in [4.78, 5) is 2.67. The highest BCUT2D eigenvalue weighted by molar-refractivity contribution is 4.93. The summed E-state index contributed by atoms with van der Waals surface area (Å²) >= 11 is 0. The normalized spacial score (nSPS) is 41.4. The molecule has 2 heterocycles. The van der Waals surface area contributed by atoms with Gasteiger partial charge in [0, 0.05) is 38.2 Å². The van der Waals surface area contributed by atoms with Crippen molar-refractivity contribution in [3.05, 3.63) is 0 Å². The molecule has 4 unspecified atom stereocenters. The van der Waals surface area contributed by atoms with E-state index in [1.165, 1.54) is 38.8 Å². The van der Waals surface area contributed by atoms with Crippen LogP contribution in [0.2, 0.25) is 0 Å². The molecule has 16 heavy (non-hydrogen) atoms. The van der Waals surface area contributed by atoms with Gasteiger partial charge in [0.2, 0.25) is 0 Å². The molecular weight excluding hydrogens is 200 g/mol. The zero-order chi connectivity index (χ0) is 11.0. The van der Waals surface area contributed by atoms with E-state index < -0.39 is 0 Å². The molecule has 3 aliphatic rings. The molecule has 0 aromatic carbocycles. The minimum atomic E-state index is 0.591. The average Bonchev–Trinajstić information content (AvgIpc) is 2.91. The maximum Gasteiger partial charge on any atom is 0.0510 e. The predicted octanol–water partition coefficient (Wildman–Crippen LogP) is 1.08. The largest absolute Gasteiger partial charge is 0.381 e. The summed E-state index contributed by atoms with van der Waals surface area (Å²) in [5.41, 5.74) is 5.99. The van der Waals surface area contributed by atoms with E-state index >= 15 is 0 Å². The summed E-state index contributed by atoms with van der Waals surface area (Å²) in [6, 6.07) is 0.591. The number of nitrogens with zero attached hydrogens (tertiary/aromatic N) is 1. The summed E-state index contributed by atoms with van der Waals surface area (Å²) in [5.74, 6) is 2.66. The van der Waals surface area contributed by atoms with Crippen LogP contribution < -0.4 is 5.73 Å². The molecule has 1 saturated carbocycles. The fourth-order valence-corrected chi connectivity index (χ4v) is 4.04. The van der Waals surface area contributed by atoms with Crippen molar-refractivity contribution in [3.63, 3.8) is 0 Å². The van der Waals surface area contributed by atoms with Gasteiger partial charge >= 0.3 is 0 Å². The first-order valence-electron chi connectivity index (χ1n) is 6.90. The number of nitrogens with two attached hydrogens (primary N) is 1. The molecule has 2 aliphatic heterocycles. The quantitative estimate of drug-likeness (QED) is 0.779. The van der Waals surface area contributed by atoms with Crippen molar-refractivity contribution >= 4 is 0 Å². The first-order chi connectivity index (χ1) is 7.88. The van der Waals surface area contributed by atoms with Gasteiger partial charge in [0.05, 0.1) is 6.61 Å². The van der Waals surface area contributed by atoms with Crippen molar-refractivity contribution < 1.29 is 4.74 Å². The van der Waals surface area contributed by atoms with Crippen LogP contribution in [0.25, 0.3) is 0 Å². The number of likely N-dealkylation sites (tertiary alicyclic amines) is 1. The summed E-state index contributed by atoms with van der Waals surface area (Å²) in [6.07, 6.45) is 5.59. The van der Waals surface area contributed by atoms with Crippen molar-refractivity contribution in [2.24, 2.45) is 23.5 Å². The fraction of sp³-hybridized carbons (Fsp3) is 1.00. The second kappa shape index (κ2) is 4.63. The van der Waals surface area contributed by atoms with Gasteiger partial charge in [-0.2, -0.15) is 0 Å². The Bertz CT molecular complexity index is 228. The van der Waals surface area contributed by atoms with E-state index in [9.17, 15) is 0 Å². The van der Waals surface area contributed by atoms with Gasteiger partial charge in [-0.1, -0.05) is 6.42 Å². The molecule has 0 aromatic heterocycles. The third-order valence-corrected chi connectivity index (χ3v) is 4.97. The van der Waals surface area contributed by atoms with E-state index in [4.69, 9.17) is 10.5 Å². The van der Waals surface area contributed by atoms with Crippen LogP contribution in [0.1, 0.15) is 25.7 Å². The monoisotopic (exact) mass is 224 g/mol. The van der Waals surface area contributed by atoms with E-state index in [2.05, 4.69) is 4.90 Å². The smallest absolute Gasteiger partial charge is 0.0510 e. The van der Waals surface area contributed by atoms with E-state index in [1.807, 2.05) is 0 Å². The first kappa shape index (κ1) is 11.0. The molecule has 1 aliphatic carbocycles. The van der Waals surface area contributed by atoms with Crippen molar-refractivity contribution in [1.82, 2.24) is 4.90 Å². The van der Waals surface area contributed by atoms with Crippen LogP contribution in [0, 0.1) is 17.8 Å². The molecule has 2 N–H and O–H groups in total. The zero-order valence-corrected chi connectivity index (χ0v) is 10.1. The Morgan fingerprint density at radius 1 is 1.19 bits per heavy atom. The lowest BCUT2D eigenvalue weighted by atomic mass is 9.97. The highest BCUT2D eigenvalue weighted by Gasteiger charge is 2.40. The molecule has 0 bridgehead atoms. The Hall–Kier alpha value is -0.120. The zero-order valence-electron chi connectivity index (χ0n) is 10.1. The second-order valence-corrected chi connectivity index (χ2v) is 5.83. The molecule has 3 fully saturated rings. The number of fused-ring (bicyclic) bond motifs is 1. The minimum Gasteiger partial charge on any atom is -0.381 e. The second-order valence-electron chi connectivity index (χ2n) is 5.83. The van der Waals surface area contributed by atoms with Gasteiger partial charge in [0.15, 0.2) is 0 Å². The molecule has 3 heteroatoms. The van der Waals surface area contributed by atoms with Crippen LogP contribution in [-0.2, 0) is 4.74 Å². The van der Waals surface area contributed by atoms with E-state index in [1.54, 1.807) is 0 Å². The molecule has 0 amide bonds. The van der Waals surface area contributed by atoms with Crippen LogP contribution in [0.5, 0.6) is 0 Å². The van der Waals surface area contributed by atoms with Crippen molar-refractivity contribution in [3.8, 4) is 0 Å². The Morgan fingerprint density at radius 2 is 1.94 bits per heavy atom. The van der Waals surface area contributed by atoms with Crippen LogP contribution in [0.4, 0.5) is 0 Å². The Morgan fingerprint density at radius 3 is 2.50 bits per heavy atom. The molecule has 92 valence electrons. The van der Waals surface area contributed by atoms with Gasteiger partial charge in [0.1, 0.15) is 0 Å². The van der Waals surface area contributed by atoms with E-state index in [-0.39, 0.29) is 0 Å². The number of hydrogen-bond donors (Lipinski definition) is 1. The minimum absolute atomic E-state index is 0.591. The van der Waals surface area contributed by atoms with Crippen LogP contribution in [-0.4, -0.2) is 43.8 Å². The van der Waals surface area contributed by atoms with Gasteiger partial charge in [-0.3, -0.25) is 4.90 Å². The number of hydrogen-bond acceptors (Lipinski definition) is 3. The van der Waals surface area contributed by atoms with Gasteiger partial charge in [-0.15, -0.1) is 0 Å². The maximum absolute atomic E-state index is 5.99. The number of rotatable bonds is 3. The first-order valence-corrected chi connectivity index (χ1v) is 6.90. The van der Waals surface area contributed by atoms with Gasteiger partial charge in [-0.25, -0.2) is 0 Å². The molecule has 3 rings (SSSR count). The average molecular weight is 224 g/mol. The molecule has 0 radical (unpaired) electrons. The third-order valence-electron chi connectivity index (χ3n) is 4.97. The van der Waals surface area contributed by atoms with E-state index in [0.29, 0.717) is 12.0 Å². The van der Waals surface area contributed by atoms with Crippen LogP contribution in [0.15, 0.2) is 0 Å². The van der Waals surface area contributed by atoms with Gasteiger partial charge in [-0.05, 0) is 31.1 Å². The summed E-state index contributed by atoms with van der Waals surface area (Å²) < 4.78 is 5.51. The summed E-state index contributed by atoms with van der Waals surface area (Å²) in [5, 5.41) is 0. The van der Waals surface area contributed by atoms with Crippen LogP contribution >= 0.6 is 0 Å². The molecule has 4 atom stereocenters. The fourth-order valence-electron chi connectivity index (χ4n) is 4.04. The topological polar surface area (TPSA) is 38.5 Å². The Balaban J connectivity index is 1.62. The molecule has 0 aromatic rings. The van der Waals surface area contributed by atoms with Crippen molar-refractivity contribution in [1.29, 1.82) is 0 Å². The highest BCUT2D eigenvalue weighted by Crippen LogP contribution is 2.39. The SMILES string of the molecule is NCC(C1CCOC1)N1CC2CCCC2C1. The third kappa shape index (κ3) is 1.89. The molecule has 3 nitrogen and oxygen atoms in total. The van der Waals surface area contributed by atoms with Gasteiger partial charge < -0.3 is 10.5 Å².